The number of hydrogen-bond donors (Lipinski definition) is 2. The number of likely N-dealkylation sites (N-methyl/N-ethyl adjacent to an activating group) is 1. The standard InChI is InChI=1S/C10H20N2O3/c1-12(10(13)14)6-9(11)5-8-3-2-4-15-7-8/h8-9H,2-7,11H2,1H3,(H,13,14)/t8-,9+/m1/s1. The van der Waals surface area contributed by atoms with Crippen LogP contribution < -0.4 is 5.73 Å². The van der Waals surface area contributed by atoms with Gasteiger partial charge in [-0.3, -0.25) is 0 Å². The maximum Gasteiger partial charge on any atom is 0.407 e. The first-order chi connectivity index (χ1) is 7.09. The van der Waals surface area contributed by atoms with Gasteiger partial charge in [-0.15, -0.1) is 0 Å². The van der Waals surface area contributed by atoms with Crippen molar-refractivity contribution in [1.82, 2.24) is 4.90 Å². The molecule has 0 aromatic carbocycles. The summed E-state index contributed by atoms with van der Waals surface area (Å²) < 4.78 is 5.35. The molecular formula is C10H20N2O3. The predicted molar refractivity (Wildman–Crippen MR) is 56.8 cm³/mol. The fourth-order valence-corrected chi connectivity index (χ4v) is 1.93. The third kappa shape index (κ3) is 4.48. The molecule has 0 aromatic rings. The Bertz CT molecular complexity index is 205. The molecule has 0 saturated carbocycles. The fourth-order valence-electron chi connectivity index (χ4n) is 1.93. The molecule has 0 aromatic heterocycles. The van der Waals surface area contributed by atoms with Crippen molar-refractivity contribution in [2.75, 3.05) is 26.8 Å². The Morgan fingerprint density at radius 2 is 2.47 bits per heavy atom. The zero-order valence-corrected chi connectivity index (χ0v) is 9.19. The third-order valence-electron chi connectivity index (χ3n) is 2.73. The molecule has 0 aliphatic carbocycles. The van der Waals surface area contributed by atoms with Crippen LogP contribution in [0, 0.1) is 5.92 Å². The van der Waals surface area contributed by atoms with Crippen molar-refractivity contribution < 1.29 is 14.6 Å². The van der Waals surface area contributed by atoms with E-state index in [0.717, 1.165) is 32.5 Å². The van der Waals surface area contributed by atoms with Crippen LogP contribution in [0.5, 0.6) is 0 Å². The van der Waals surface area contributed by atoms with E-state index >= 15 is 0 Å². The minimum absolute atomic E-state index is 0.0854. The van der Waals surface area contributed by atoms with Crippen molar-refractivity contribution in [2.24, 2.45) is 11.7 Å². The highest BCUT2D eigenvalue weighted by molar-refractivity contribution is 5.64. The van der Waals surface area contributed by atoms with E-state index in [4.69, 9.17) is 15.6 Å². The number of nitrogens with zero attached hydrogens (tertiary/aromatic N) is 1. The minimum atomic E-state index is -0.926. The molecule has 15 heavy (non-hydrogen) atoms. The van der Waals surface area contributed by atoms with Crippen LogP contribution in [0.2, 0.25) is 0 Å². The average Bonchev–Trinajstić information content (AvgIpc) is 2.18. The first-order valence-corrected chi connectivity index (χ1v) is 5.37. The molecule has 2 atom stereocenters. The molecule has 1 aliphatic rings. The van der Waals surface area contributed by atoms with Crippen LogP contribution in [0.1, 0.15) is 19.3 Å². The molecule has 0 spiro atoms. The fraction of sp³-hybridized carbons (Fsp3) is 0.900. The van der Waals surface area contributed by atoms with Gasteiger partial charge in [0.2, 0.25) is 0 Å². The van der Waals surface area contributed by atoms with Crippen LogP contribution >= 0.6 is 0 Å². The molecule has 5 heteroatoms. The molecule has 1 fully saturated rings. The largest absolute Gasteiger partial charge is 0.465 e. The first-order valence-electron chi connectivity index (χ1n) is 5.37. The summed E-state index contributed by atoms with van der Waals surface area (Å²) in [7, 11) is 1.54. The Morgan fingerprint density at radius 3 is 3.00 bits per heavy atom. The van der Waals surface area contributed by atoms with E-state index in [0.29, 0.717) is 12.5 Å². The van der Waals surface area contributed by atoms with Crippen LogP contribution in [-0.2, 0) is 4.74 Å². The topological polar surface area (TPSA) is 75.8 Å². The van der Waals surface area contributed by atoms with Crippen LogP contribution in [0.3, 0.4) is 0 Å². The Morgan fingerprint density at radius 1 is 1.73 bits per heavy atom. The van der Waals surface area contributed by atoms with E-state index < -0.39 is 6.09 Å². The van der Waals surface area contributed by atoms with Gasteiger partial charge in [0, 0.05) is 32.8 Å². The molecule has 1 heterocycles. The molecular weight excluding hydrogens is 196 g/mol. The summed E-state index contributed by atoms with van der Waals surface area (Å²) in [5.74, 6) is 0.496. The van der Waals surface area contributed by atoms with Crippen molar-refractivity contribution in [3.8, 4) is 0 Å². The van der Waals surface area contributed by atoms with E-state index in [2.05, 4.69) is 0 Å². The predicted octanol–water partition coefficient (Wildman–Crippen LogP) is 0.740. The Hall–Kier alpha value is -0.810. The van der Waals surface area contributed by atoms with Crippen molar-refractivity contribution >= 4 is 6.09 Å². The smallest absolute Gasteiger partial charge is 0.407 e. The van der Waals surface area contributed by atoms with Gasteiger partial charge >= 0.3 is 6.09 Å². The highest BCUT2D eigenvalue weighted by Gasteiger charge is 2.19. The third-order valence-corrected chi connectivity index (χ3v) is 2.73. The zero-order valence-electron chi connectivity index (χ0n) is 9.19. The number of ether oxygens (including phenoxy) is 1. The van der Waals surface area contributed by atoms with Gasteiger partial charge in [-0.2, -0.15) is 0 Å². The second-order valence-electron chi connectivity index (χ2n) is 4.24. The lowest BCUT2D eigenvalue weighted by Crippen LogP contribution is -2.40. The van der Waals surface area contributed by atoms with Crippen LogP contribution in [0.15, 0.2) is 0 Å². The number of hydrogen-bond acceptors (Lipinski definition) is 3. The van der Waals surface area contributed by atoms with Gasteiger partial charge < -0.3 is 20.5 Å². The molecule has 1 saturated heterocycles. The van der Waals surface area contributed by atoms with Crippen molar-refractivity contribution in [2.45, 2.75) is 25.3 Å². The van der Waals surface area contributed by atoms with Gasteiger partial charge in [0.25, 0.3) is 0 Å². The van der Waals surface area contributed by atoms with Crippen molar-refractivity contribution in [3.05, 3.63) is 0 Å². The van der Waals surface area contributed by atoms with Crippen molar-refractivity contribution in [3.63, 3.8) is 0 Å². The van der Waals surface area contributed by atoms with Gasteiger partial charge in [-0.25, -0.2) is 4.79 Å². The van der Waals surface area contributed by atoms with Gasteiger partial charge in [-0.05, 0) is 25.2 Å². The van der Waals surface area contributed by atoms with E-state index in [1.807, 2.05) is 0 Å². The Kier molecular flexibility index (Phi) is 4.84. The number of carboxylic acid groups (broad SMARTS) is 1. The number of rotatable bonds is 4. The molecule has 0 unspecified atom stereocenters. The quantitative estimate of drug-likeness (QED) is 0.726. The maximum absolute atomic E-state index is 10.6. The highest BCUT2D eigenvalue weighted by Crippen LogP contribution is 2.18. The van der Waals surface area contributed by atoms with Gasteiger partial charge in [0.05, 0.1) is 0 Å². The van der Waals surface area contributed by atoms with E-state index in [1.54, 1.807) is 7.05 Å². The van der Waals surface area contributed by atoms with E-state index in [9.17, 15) is 4.79 Å². The lowest BCUT2D eigenvalue weighted by Gasteiger charge is -2.26. The van der Waals surface area contributed by atoms with Crippen LogP contribution in [0.4, 0.5) is 4.79 Å². The van der Waals surface area contributed by atoms with Gasteiger partial charge in [-0.1, -0.05) is 0 Å². The average molecular weight is 216 g/mol. The van der Waals surface area contributed by atoms with Gasteiger partial charge in [0.15, 0.2) is 0 Å². The SMILES string of the molecule is CN(C[C@@H](N)C[C@H]1CCCOC1)C(=O)O. The minimum Gasteiger partial charge on any atom is -0.465 e. The van der Waals surface area contributed by atoms with Crippen LogP contribution in [-0.4, -0.2) is 48.9 Å². The molecule has 5 nitrogen and oxygen atoms in total. The monoisotopic (exact) mass is 216 g/mol. The van der Waals surface area contributed by atoms with E-state index in [1.165, 1.54) is 4.90 Å². The highest BCUT2D eigenvalue weighted by atomic mass is 16.5. The van der Waals surface area contributed by atoms with Crippen LogP contribution in [0.25, 0.3) is 0 Å². The lowest BCUT2D eigenvalue weighted by molar-refractivity contribution is 0.0478. The lowest BCUT2D eigenvalue weighted by atomic mass is 9.94. The summed E-state index contributed by atoms with van der Waals surface area (Å²) in [6, 6.07) is -0.0854. The summed E-state index contributed by atoms with van der Waals surface area (Å²) >= 11 is 0. The first kappa shape index (κ1) is 12.3. The van der Waals surface area contributed by atoms with E-state index in [-0.39, 0.29) is 6.04 Å². The Labute approximate surface area is 90.2 Å². The molecule has 1 aliphatic heterocycles. The summed E-state index contributed by atoms with van der Waals surface area (Å²) in [6.45, 7) is 2.01. The second-order valence-corrected chi connectivity index (χ2v) is 4.24. The molecule has 0 radical (unpaired) electrons. The summed E-state index contributed by atoms with van der Waals surface area (Å²) in [5, 5.41) is 8.68. The molecule has 0 bridgehead atoms. The van der Waals surface area contributed by atoms with Crippen molar-refractivity contribution in [1.29, 1.82) is 0 Å². The summed E-state index contributed by atoms with van der Waals surface area (Å²) in [5.41, 5.74) is 5.88. The summed E-state index contributed by atoms with van der Waals surface area (Å²) in [4.78, 5) is 11.8. The Balaban J connectivity index is 2.22. The number of carbonyl (C=O) groups is 1. The molecule has 88 valence electrons. The normalized spacial score (nSPS) is 23.5. The van der Waals surface area contributed by atoms with Gasteiger partial charge in [0.1, 0.15) is 0 Å². The maximum atomic E-state index is 10.6. The molecule has 1 rings (SSSR count). The molecule has 3 N–H and O–H groups in total. The number of amides is 1. The zero-order chi connectivity index (χ0) is 11.3. The molecule has 1 amide bonds. The number of nitrogens with two attached hydrogens (primary N) is 1. The summed E-state index contributed by atoms with van der Waals surface area (Å²) in [6.07, 6.45) is 2.15. The second kappa shape index (κ2) is 5.92.